The molecule has 1 aliphatic heterocycles. The first-order chi connectivity index (χ1) is 9.76. The molecule has 21 heavy (non-hydrogen) atoms. The summed E-state index contributed by atoms with van der Waals surface area (Å²) in [6.45, 7) is 9.26. The van der Waals surface area contributed by atoms with Crippen LogP contribution < -0.4 is 4.90 Å². The first kappa shape index (κ1) is 15.5. The highest BCUT2D eigenvalue weighted by Gasteiger charge is 2.31. The molecule has 0 saturated carbocycles. The number of amides is 1. The first-order valence-electron chi connectivity index (χ1n) is 7.12. The van der Waals surface area contributed by atoms with Crippen LogP contribution in [0.2, 0.25) is 0 Å². The number of carbonyl (C=O) groups excluding carboxylic acids is 1. The van der Waals surface area contributed by atoms with Gasteiger partial charge in [0.2, 0.25) is 0 Å². The molecule has 1 saturated heterocycles. The van der Waals surface area contributed by atoms with Gasteiger partial charge in [0.15, 0.2) is 0 Å². The molecule has 5 nitrogen and oxygen atoms in total. The van der Waals surface area contributed by atoms with Gasteiger partial charge in [0.1, 0.15) is 17.2 Å². The van der Waals surface area contributed by atoms with Gasteiger partial charge in [-0.15, -0.1) is 0 Å². The monoisotopic (exact) mass is 295 g/mol. The van der Waals surface area contributed by atoms with E-state index >= 15 is 0 Å². The van der Waals surface area contributed by atoms with Crippen LogP contribution in [0.1, 0.15) is 27.7 Å². The second kappa shape index (κ2) is 5.87. The molecule has 0 N–H and O–H groups in total. The molecule has 2 heterocycles. The molecule has 1 amide bonds. The van der Waals surface area contributed by atoms with E-state index in [4.69, 9.17) is 4.74 Å². The number of aromatic nitrogens is 1. The SMILES string of the molecule is CC1CN(c2cc(F)ccn2)CCN1C(=O)OC(C)(C)C. The van der Waals surface area contributed by atoms with Gasteiger partial charge >= 0.3 is 6.09 Å². The van der Waals surface area contributed by atoms with E-state index < -0.39 is 5.60 Å². The van der Waals surface area contributed by atoms with Crippen molar-refractivity contribution >= 4 is 11.9 Å². The second-order valence-electron chi connectivity index (χ2n) is 6.30. The lowest BCUT2D eigenvalue weighted by Crippen LogP contribution is -2.55. The van der Waals surface area contributed by atoms with E-state index in [0.717, 1.165) is 0 Å². The molecule has 0 spiro atoms. The number of piperazine rings is 1. The molecule has 1 fully saturated rings. The minimum atomic E-state index is -0.502. The van der Waals surface area contributed by atoms with Gasteiger partial charge in [-0.2, -0.15) is 0 Å². The van der Waals surface area contributed by atoms with Gasteiger partial charge in [-0.25, -0.2) is 14.2 Å². The van der Waals surface area contributed by atoms with Crippen LogP contribution in [0.4, 0.5) is 15.0 Å². The van der Waals surface area contributed by atoms with Crippen LogP contribution in [0.15, 0.2) is 18.3 Å². The third kappa shape index (κ3) is 4.06. The molecule has 1 unspecified atom stereocenters. The minimum absolute atomic E-state index is 0.0151. The number of nitrogens with zero attached hydrogens (tertiary/aromatic N) is 3. The highest BCUT2D eigenvalue weighted by molar-refractivity contribution is 5.69. The van der Waals surface area contributed by atoms with Gasteiger partial charge in [-0.05, 0) is 33.8 Å². The van der Waals surface area contributed by atoms with E-state index in [1.54, 1.807) is 4.90 Å². The molecule has 1 aromatic heterocycles. The average molecular weight is 295 g/mol. The Morgan fingerprint density at radius 2 is 2.14 bits per heavy atom. The number of hydrogen-bond donors (Lipinski definition) is 0. The lowest BCUT2D eigenvalue weighted by atomic mass is 10.2. The number of halogens is 1. The van der Waals surface area contributed by atoms with Gasteiger partial charge < -0.3 is 14.5 Å². The van der Waals surface area contributed by atoms with Crippen LogP contribution in [-0.2, 0) is 4.74 Å². The summed E-state index contributed by atoms with van der Waals surface area (Å²) in [6.07, 6.45) is 1.15. The Balaban J connectivity index is 2.01. The van der Waals surface area contributed by atoms with Crippen molar-refractivity contribution in [3.05, 3.63) is 24.1 Å². The van der Waals surface area contributed by atoms with E-state index in [1.165, 1.54) is 18.3 Å². The van der Waals surface area contributed by atoms with E-state index in [-0.39, 0.29) is 18.0 Å². The lowest BCUT2D eigenvalue weighted by molar-refractivity contribution is 0.0158. The zero-order valence-corrected chi connectivity index (χ0v) is 13.0. The van der Waals surface area contributed by atoms with Crippen LogP contribution >= 0.6 is 0 Å². The number of carbonyl (C=O) groups is 1. The maximum atomic E-state index is 13.3. The van der Waals surface area contributed by atoms with Crippen molar-refractivity contribution in [2.24, 2.45) is 0 Å². The topological polar surface area (TPSA) is 45.7 Å². The maximum absolute atomic E-state index is 13.3. The van der Waals surface area contributed by atoms with Gasteiger partial charge in [-0.1, -0.05) is 0 Å². The van der Waals surface area contributed by atoms with Gasteiger partial charge in [0.25, 0.3) is 0 Å². The van der Waals surface area contributed by atoms with Crippen LogP contribution in [0, 0.1) is 5.82 Å². The van der Waals surface area contributed by atoms with Crippen molar-refractivity contribution < 1.29 is 13.9 Å². The summed E-state index contributed by atoms with van der Waals surface area (Å²) in [5.74, 6) is 0.299. The molecule has 1 atom stereocenters. The minimum Gasteiger partial charge on any atom is -0.444 e. The average Bonchev–Trinajstić information content (AvgIpc) is 2.36. The van der Waals surface area contributed by atoms with Crippen molar-refractivity contribution in [3.63, 3.8) is 0 Å². The van der Waals surface area contributed by atoms with Crippen LogP contribution in [0.5, 0.6) is 0 Å². The van der Waals surface area contributed by atoms with Crippen LogP contribution in [0.3, 0.4) is 0 Å². The van der Waals surface area contributed by atoms with Crippen LogP contribution in [0.25, 0.3) is 0 Å². The molecular formula is C15H22FN3O2. The summed E-state index contributed by atoms with van der Waals surface area (Å²) in [4.78, 5) is 20.0. The van der Waals surface area contributed by atoms with Crippen molar-refractivity contribution in [2.45, 2.75) is 39.3 Å². The first-order valence-corrected chi connectivity index (χ1v) is 7.12. The molecule has 0 aliphatic carbocycles. The molecule has 6 heteroatoms. The van der Waals surface area contributed by atoms with Crippen molar-refractivity contribution in [2.75, 3.05) is 24.5 Å². The highest BCUT2D eigenvalue weighted by Crippen LogP contribution is 2.19. The van der Waals surface area contributed by atoms with Crippen molar-refractivity contribution in [1.29, 1.82) is 0 Å². The van der Waals surface area contributed by atoms with Gasteiger partial charge in [0, 0.05) is 37.9 Å². The Bertz CT molecular complexity index is 516. The van der Waals surface area contributed by atoms with Crippen molar-refractivity contribution in [3.8, 4) is 0 Å². The third-order valence-electron chi connectivity index (χ3n) is 3.29. The summed E-state index contributed by atoms with van der Waals surface area (Å²) in [5.41, 5.74) is -0.502. The molecule has 0 radical (unpaired) electrons. The van der Waals surface area contributed by atoms with E-state index in [2.05, 4.69) is 4.98 Å². The van der Waals surface area contributed by atoms with Gasteiger partial charge in [0.05, 0.1) is 0 Å². The Labute approximate surface area is 124 Å². The summed E-state index contributed by atoms with van der Waals surface area (Å²) < 4.78 is 18.7. The Morgan fingerprint density at radius 1 is 1.43 bits per heavy atom. The van der Waals surface area contributed by atoms with Crippen molar-refractivity contribution in [1.82, 2.24) is 9.88 Å². The Kier molecular flexibility index (Phi) is 4.34. The Hall–Kier alpha value is -1.85. The standard InChI is InChI=1S/C15H22FN3O2/c1-11-10-18(13-9-12(16)5-6-17-13)7-8-19(11)14(20)21-15(2,3)4/h5-6,9,11H,7-8,10H2,1-4H3. The van der Waals surface area contributed by atoms with E-state index in [1.807, 2.05) is 32.6 Å². The molecule has 2 rings (SSSR count). The van der Waals surface area contributed by atoms with E-state index in [9.17, 15) is 9.18 Å². The number of hydrogen-bond acceptors (Lipinski definition) is 4. The number of rotatable bonds is 1. The predicted octanol–water partition coefficient (Wildman–Crippen LogP) is 2.67. The summed E-state index contributed by atoms with van der Waals surface area (Å²) >= 11 is 0. The molecule has 116 valence electrons. The lowest BCUT2D eigenvalue weighted by Gasteiger charge is -2.40. The molecule has 1 aromatic rings. The summed E-state index contributed by atoms with van der Waals surface area (Å²) in [7, 11) is 0. The maximum Gasteiger partial charge on any atom is 0.410 e. The number of ether oxygens (including phenoxy) is 1. The predicted molar refractivity (Wildman–Crippen MR) is 78.8 cm³/mol. The largest absolute Gasteiger partial charge is 0.444 e. The summed E-state index contributed by atoms with van der Waals surface area (Å²) in [6, 6.07) is 2.72. The van der Waals surface area contributed by atoms with E-state index in [0.29, 0.717) is 25.5 Å². The quantitative estimate of drug-likeness (QED) is 0.799. The number of anilines is 1. The fourth-order valence-electron chi connectivity index (χ4n) is 2.32. The second-order valence-corrected chi connectivity index (χ2v) is 6.30. The van der Waals surface area contributed by atoms with Gasteiger partial charge in [-0.3, -0.25) is 0 Å². The fraction of sp³-hybridized carbons (Fsp3) is 0.600. The zero-order valence-electron chi connectivity index (χ0n) is 13.0. The Morgan fingerprint density at radius 3 is 2.71 bits per heavy atom. The number of pyridine rings is 1. The molecule has 0 bridgehead atoms. The highest BCUT2D eigenvalue weighted by atomic mass is 19.1. The molecular weight excluding hydrogens is 273 g/mol. The third-order valence-corrected chi connectivity index (χ3v) is 3.29. The van der Waals surface area contributed by atoms with Crippen LogP contribution in [-0.4, -0.2) is 47.3 Å². The smallest absolute Gasteiger partial charge is 0.410 e. The fourth-order valence-corrected chi connectivity index (χ4v) is 2.32. The normalized spacial score (nSPS) is 19.6. The molecule has 0 aromatic carbocycles. The summed E-state index contributed by atoms with van der Waals surface area (Å²) in [5, 5.41) is 0. The zero-order chi connectivity index (χ0) is 15.6. The molecule has 1 aliphatic rings.